The van der Waals surface area contributed by atoms with E-state index < -0.39 is 5.97 Å². The third-order valence-electron chi connectivity index (χ3n) is 5.06. The highest BCUT2D eigenvalue weighted by atomic mass is 32.2. The molecule has 0 aromatic heterocycles. The molecule has 2 heterocycles. The number of amides is 1. The van der Waals surface area contributed by atoms with Crippen molar-refractivity contribution in [3.8, 4) is 0 Å². The van der Waals surface area contributed by atoms with E-state index in [0.29, 0.717) is 14.9 Å². The maximum atomic E-state index is 12.9. The van der Waals surface area contributed by atoms with Gasteiger partial charge in [0.1, 0.15) is 0 Å². The van der Waals surface area contributed by atoms with Gasteiger partial charge in [-0.2, -0.15) is 0 Å². The molecule has 4 rings (SSSR count). The average Bonchev–Trinajstić information content (AvgIpc) is 3.02. The summed E-state index contributed by atoms with van der Waals surface area (Å²) >= 11 is 6.61. The summed E-state index contributed by atoms with van der Waals surface area (Å²) in [5.41, 5.74) is 2.73. The van der Waals surface area contributed by atoms with Gasteiger partial charge in [0.2, 0.25) is 0 Å². The zero-order valence-electron chi connectivity index (χ0n) is 15.7. The van der Waals surface area contributed by atoms with Crippen molar-refractivity contribution in [3.05, 3.63) is 64.6 Å². The van der Waals surface area contributed by atoms with Gasteiger partial charge in [0, 0.05) is 18.8 Å². The summed E-state index contributed by atoms with van der Waals surface area (Å²) < 4.78 is 0.397. The summed E-state index contributed by atoms with van der Waals surface area (Å²) in [6.45, 7) is 2.18. The smallest absolute Gasteiger partial charge is 0.335 e. The molecule has 5 nitrogen and oxygen atoms in total. The molecule has 29 heavy (non-hydrogen) atoms. The van der Waals surface area contributed by atoms with E-state index in [1.165, 1.54) is 53.7 Å². The second-order valence-corrected chi connectivity index (χ2v) is 8.69. The van der Waals surface area contributed by atoms with Crippen LogP contribution in [0.5, 0.6) is 0 Å². The minimum atomic E-state index is -1.04. The van der Waals surface area contributed by atoms with E-state index in [4.69, 9.17) is 12.2 Å². The molecular weight excluding hydrogens is 404 g/mol. The van der Waals surface area contributed by atoms with Crippen LogP contribution >= 0.6 is 24.0 Å². The first-order valence-corrected chi connectivity index (χ1v) is 10.7. The third kappa shape index (κ3) is 4.21. The van der Waals surface area contributed by atoms with Gasteiger partial charge < -0.3 is 10.0 Å². The van der Waals surface area contributed by atoms with Crippen molar-refractivity contribution in [2.45, 2.75) is 19.3 Å². The summed E-state index contributed by atoms with van der Waals surface area (Å²) in [7, 11) is 0. The monoisotopic (exact) mass is 424 g/mol. The lowest BCUT2D eigenvalue weighted by Crippen LogP contribution is -2.29. The maximum absolute atomic E-state index is 12.9. The largest absolute Gasteiger partial charge is 0.478 e. The van der Waals surface area contributed by atoms with Gasteiger partial charge in [-0.25, -0.2) is 4.79 Å². The van der Waals surface area contributed by atoms with Crippen LogP contribution in [0.15, 0.2) is 53.4 Å². The molecule has 0 bridgehead atoms. The number of piperidine rings is 1. The van der Waals surface area contributed by atoms with Crippen molar-refractivity contribution in [2.75, 3.05) is 22.9 Å². The molecule has 0 unspecified atom stereocenters. The summed E-state index contributed by atoms with van der Waals surface area (Å²) in [6.07, 6.45) is 5.59. The number of carboxylic acids is 1. The van der Waals surface area contributed by atoms with Crippen LogP contribution in [0.1, 0.15) is 35.2 Å². The molecular formula is C22H20N2O3S2. The van der Waals surface area contributed by atoms with Crippen LogP contribution < -0.4 is 9.80 Å². The predicted molar refractivity (Wildman–Crippen MR) is 122 cm³/mol. The fraction of sp³-hybridized carbons (Fsp3) is 0.227. The topological polar surface area (TPSA) is 60.9 Å². The summed E-state index contributed by atoms with van der Waals surface area (Å²) in [5.74, 6) is -1.27. The first kappa shape index (κ1) is 19.7. The van der Waals surface area contributed by atoms with Crippen molar-refractivity contribution in [1.29, 1.82) is 0 Å². The second-order valence-electron chi connectivity index (χ2n) is 7.01. The first-order chi connectivity index (χ1) is 14.0. The minimum absolute atomic E-state index is 0.119. The van der Waals surface area contributed by atoms with Crippen molar-refractivity contribution in [2.24, 2.45) is 0 Å². The Hall–Kier alpha value is -2.64. The minimum Gasteiger partial charge on any atom is -0.478 e. The number of benzene rings is 2. The van der Waals surface area contributed by atoms with Crippen LogP contribution in [0.3, 0.4) is 0 Å². The third-order valence-corrected chi connectivity index (χ3v) is 6.36. The van der Waals surface area contributed by atoms with Gasteiger partial charge in [-0.15, -0.1) is 0 Å². The highest BCUT2D eigenvalue weighted by molar-refractivity contribution is 8.27. The van der Waals surface area contributed by atoms with Crippen LogP contribution in [0.25, 0.3) is 6.08 Å². The number of thiocarbonyl (C=S) groups is 1. The van der Waals surface area contributed by atoms with E-state index in [2.05, 4.69) is 17.0 Å². The fourth-order valence-corrected chi connectivity index (χ4v) is 4.85. The van der Waals surface area contributed by atoms with E-state index in [-0.39, 0.29) is 11.5 Å². The van der Waals surface area contributed by atoms with Gasteiger partial charge in [-0.1, -0.05) is 42.2 Å². The molecule has 2 fully saturated rings. The molecule has 2 aliphatic heterocycles. The van der Waals surface area contributed by atoms with Crippen molar-refractivity contribution >= 4 is 57.6 Å². The van der Waals surface area contributed by atoms with E-state index in [0.717, 1.165) is 18.7 Å². The average molecular weight is 425 g/mol. The number of anilines is 2. The van der Waals surface area contributed by atoms with Gasteiger partial charge in [-0.05, 0) is 61.2 Å². The fourth-order valence-electron chi connectivity index (χ4n) is 3.55. The van der Waals surface area contributed by atoms with Gasteiger partial charge in [0.25, 0.3) is 5.91 Å². The molecule has 2 aromatic carbocycles. The van der Waals surface area contributed by atoms with Crippen LogP contribution in [0, 0.1) is 0 Å². The van der Waals surface area contributed by atoms with Crippen LogP contribution in [0.2, 0.25) is 0 Å². The molecule has 1 N–H and O–H groups in total. The second kappa shape index (κ2) is 8.39. The summed E-state index contributed by atoms with van der Waals surface area (Å²) in [4.78, 5) is 28.4. The Bertz CT molecular complexity index is 995. The van der Waals surface area contributed by atoms with Gasteiger partial charge in [0.05, 0.1) is 16.2 Å². The van der Waals surface area contributed by atoms with Crippen molar-refractivity contribution < 1.29 is 14.7 Å². The number of hydrogen-bond acceptors (Lipinski definition) is 5. The Morgan fingerprint density at radius 2 is 1.76 bits per heavy atom. The molecule has 0 aliphatic carbocycles. The van der Waals surface area contributed by atoms with Crippen molar-refractivity contribution in [3.63, 3.8) is 0 Å². The zero-order valence-corrected chi connectivity index (χ0v) is 17.3. The number of carbonyl (C=O) groups excluding carboxylic acids is 1. The highest BCUT2D eigenvalue weighted by Gasteiger charge is 2.33. The molecule has 2 saturated heterocycles. The molecule has 2 aliphatic rings. The molecule has 7 heteroatoms. The quantitative estimate of drug-likeness (QED) is 0.563. The van der Waals surface area contributed by atoms with E-state index in [1.54, 1.807) is 12.1 Å². The van der Waals surface area contributed by atoms with Crippen LogP contribution in [-0.4, -0.2) is 34.4 Å². The first-order valence-electron chi connectivity index (χ1n) is 9.49. The van der Waals surface area contributed by atoms with Crippen LogP contribution in [0.4, 0.5) is 11.4 Å². The molecule has 0 spiro atoms. The Labute approximate surface area is 179 Å². The highest BCUT2D eigenvalue weighted by Crippen LogP contribution is 2.36. The lowest BCUT2D eigenvalue weighted by molar-refractivity contribution is -0.113. The maximum Gasteiger partial charge on any atom is 0.335 e. The number of aromatic carboxylic acids is 1. The summed E-state index contributed by atoms with van der Waals surface area (Å²) in [6, 6.07) is 14.5. The Morgan fingerprint density at radius 3 is 2.45 bits per heavy atom. The Morgan fingerprint density at radius 1 is 1.03 bits per heavy atom. The molecule has 0 radical (unpaired) electrons. The van der Waals surface area contributed by atoms with Gasteiger partial charge in [-0.3, -0.25) is 9.69 Å². The van der Waals surface area contributed by atoms with E-state index in [1.807, 2.05) is 18.2 Å². The lowest BCUT2D eigenvalue weighted by atomic mass is 10.1. The number of nitrogens with zero attached hydrogens (tertiary/aromatic N) is 2. The SMILES string of the molecule is O=C(O)c1cccc(N2C(=O)C(=Cc3ccc(N4CCCCC4)cc3)SC2=S)c1. The van der Waals surface area contributed by atoms with E-state index in [9.17, 15) is 14.7 Å². The Kier molecular flexibility index (Phi) is 5.69. The molecule has 148 valence electrons. The number of hydrogen-bond donors (Lipinski definition) is 1. The van der Waals surface area contributed by atoms with Crippen molar-refractivity contribution in [1.82, 2.24) is 0 Å². The van der Waals surface area contributed by atoms with Gasteiger partial charge in [0.15, 0.2) is 4.32 Å². The normalized spacial score (nSPS) is 18.6. The van der Waals surface area contributed by atoms with E-state index >= 15 is 0 Å². The molecule has 2 aromatic rings. The predicted octanol–water partition coefficient (Wildman–Crippen LogP) is 4.78. The molecule has 1 amide bonds. The van der Waals surface area contributed by atoms with Crippen LogP contribution in [-0.2, 0) is 4.79 Å². The number of carboxylic acid groups (broad SMARTS) is 1. The molecule has 0 saturated carbocycles. The Balaban J connectivity index is 1.54. The standard InChI is InChI=1S/C22H20N2O3S2/c25-20-19(13-15-7-9-17(10-8-15)23-11-2-1-3-12-23)29-22(28)24(20)18-6-4-5-16(14-18)21(26)27/h4-10,13-14H,1-3,11-12H2,(H,26,27). The summed E-state index contributed by atoms with van der Waals surface area (Å²) in [5, 5.41) is 9.19. The zero-order chi connectivity index (χ0) is 20.4. The van der Waals surface area contributed by atoms with Gasteiger partial charge >= 0.3 is 5.97 Å². The number of rotatable bonds is 4. The lowest BCUT2D eigenvalue weighted by Gasteiger charge is -2.28. The molecule has 0 atom stereocenters. The number of carbonyl (C=O) groups is 2. The number of thioether (sulfide) groups is 1.